The van der Waals surface area contributed by atoms with Gasteiger partial charge in [-0.15, -0.1) is 0 Å². The number of carboxylic acid groups (broad SMARTS) is 1. The van der Waals surface area contributed by atoms with Crippen LogP contribution < -0.4 is 19.5 Å². The lowest BCUT2D eigenvalue weighted by molar-refractivity contribution is -0.132. The fraction of sp³-hybridized carbons (Fsp3) is 0.312. The van der Waals surface area contributed by atoms with Crippen LogP contribution in [-0.2, 0) is 4.79 Å². The predicted molar refractivity (Wildman–Crippen MR) is 88.3 cm³/mol. The Labute approximate surface area is 143 Å². The van der Waals surface area contributed by atoms with Gasteiger partial charge in [0, 0.05) is 11.6 Å². The molecule has 9 heteroatoms. The van der Waals surface area contributed by atoms with E-state index in [2.05, 4.69) is 15.4 Å². The molecule has 0 saturated carbocycles. The van der Waals surface area contributed by atoms with Crippen molar-refractivity contribution in [1.82, 2.24) is 14.8 Å². The molecule has 2 heterocycles. The smallest absolute Gasteiger partial charge is 0.352 e. The molecule has 132 valence electrons. The molecule has 1 aliphatic rings. The quantitative estimate of drug-likeness (QED) is 0.840. The van der Waals surface area contributed by atoms with Crippen LogP contribution in [-0.4, -0.2) is 47.2 Å². The molecular formula is C16H18N4O5. The fourth-order valence-corrected chi connectivity index (χ4v) is 2.73. The van der Waals surface area contributed by atoms with Gasteiger partial charge in [0.1, 0.15) is 23.3 Å². The number of aromatic nitrogens is 3. The molecule has 25 heavy (non-hydrogen) atoms. The van der Waals surface area contributed by atoms with Gasteiger partial charge in [-0.1, -0.05) is 0 Å². The van der Waals surface area contributed by atoms with Crippen LogP contribution in [0.4, 0.5) is 5.95 Å². The summed E-state index contributed by atoms with van der Waals surface area (Å²) in [6.07, 6.45) is 1.55. The number of allylic oxidation sites excluding steroid dienone is 1. The fourth-order valence-electron chi connectivity index (χ4n) is 2.73. The predicted octanol–water partition coefficient (Wildman–Crippen LogP) is 1.60. The average molecular weight is 346 g/mol. The lowest BCUT2D eigenvalue weighted by Gasteiger charge is -2.24. The number of methoxy groups -OCH3 is 3. The van der Waals surface area contributed by atoms with Crippen molar-refractivity contribution in [3.05, 3.63) is 35.3 Å². The second-order valence-corrected chi connectivity index (χ2v) is 5.33. The molecule has 2 aromatic rings. The second-order valence-electron chi connectivity index (χ2n) is 5.33. The van der Waals surface area contributed by atoms with Crippen LogP contribution in [0.5, 0.6) is 17.2 Å². The van der Waals surface area contributed by atoms with Crippen molar-refractivity contribution in [2.75, 3.05) is 26.6 Å². The minimum Gasteiger partial charge on any atom is -0.496 e. The lowest BCUT2D eigenvalue weighted by Crippen LogP contribution is -2.24. The molecule has 1 aromatic heterocycles. The molecule has 3 rings (SSSR count). The normalized spacial score (nSPS) is 15.7. The van der Waals surface area contributed by atoms with Crippen LogP contribution >= 0.6 is 0 Å². The molecule has 2 N–H and O–H groups in total. The van der Waals surface area contributed by atoms with Crippen molar-refractivity contribution in [1.29, 1.82) is 0 Å². The molecule has 0 fully saturated rings. The number of benzene rings is 1. The zero-order valence-electron chi connectivity index (χ0n) is 14.2. The number of carbonyl (C=O) groups is 1. The first-order chi connectivity index (χ1) is 12.0. The summed E-state index contributed by atoms with van der Waals surface area (Å²) in [4.78, 5) is 15.7. The number of hydrogen-bond acceptors (Lipinski definition) is 7. The third-order valence-corrected chi connectivity index (χ3v) is 3.86. The molecule has 1 aliphatic heterocycles. The van der Waals surface area contributed by atoms with Crippen molar-refractivity contribution in [2.24, 2.45) is 0 Å². The van der Waals surface area contributed by atoms with Crippen LogP contribution in [0.3, 0.4) is 0 Å². The van der Waals surface area contributed by atoms with Gasteiger partial charge in [-0.05, 0) is 19.1 Å². The third kappa shape index (κ3) is 2.84. The van der Waals surface area contributed by atoms with Gasteiger partial charge in [0.25, 0.3) is 0 Å². The Kier molecular flexibility index (Phi) is 4.22. The number of rotatable bonds is 5. The van der Waals surface area contributed by atoms with Crippen LogP contribution in [0, 0.1) is 6.92 Å². The number of nitrogens with zero attached hydrogens (tertiary/aromatic N) is 3. The Balaban J connectivity index is 2.21. The molecule has 0 spiro atoms. The minimum atomic E-state index is -1.09. The first kappa shape index (κ1) is 16.6. The van der Waals surface area contributed by atoms with E-state index in [0.29, 0.717) is 34.6 Å². The number of aliphatic carboxylic acids is 1. The van der Waals surface area contributed by atoms with E-state index in [-0.39, 0.29) is 5.70 Å². The Morgan fingerprint density at radius 1 is 1.16 bits per heavy atom. The SMILES string of the molecule is COc1cc(OC)c(C2C=C(C(=O)O)Nc3nc(C)nn32)cc1OC. The highest BCUT2D eigenvalue weighted by atomic mass is 16.5. The van der Waals surface area contributed by atoms with Gasteiger partial charge in [-0.2, -0.15) is 10.1 Å². The van der Waals surface area contributed by atoms with Gasteiger partial charge in [0.05, 0.1) is 21.3 Å². The molecule has 0 aliphatic carbocycles. The number of nitrogens with one attached hydrogen (secondary N) is 1. The van der Waals surface area contributed by atoms with E-state index in [1.807, 2.05) is 0 Å². The molecule has 1 unspecified atom stereocenters. The Morgan fingerprint density at radius 3 is 2.40 bits per heavy atom. The second kappa shape index (κ2) is 6.34. The van der Waals surface area contributed by atoms with Gasteiger partial charge < -0.3 is 24.6 Å². The van der Waals surface area contributed by atoms with Crippen molar-refractivity contribution < 1.29 is 24.1 Å². The van der Waals surface area contributed by atoms with Gasteiger partial charge in [-0.25, -0.2) is 9.48 Å². The highest BCUT2D eigenvalue weighted by Gasteiger charge is 2.29. The summed E-state index contributed by atoms with van der Waals surface area (Å²) in [6, 6.07) is 2.90. The summed E-state index contributed by atoms with van der Waals surface area (Å²) in [6.45, 7) is 1.73. The average Bonchev–Trinajstić information content (AvgIpc) is 2.99. The maximum atomic E-state index is 11.5. The largest absolute Gasteiger partial charge is 0.496 e. The van der Waals surface area contributed by atoms with Crippen LogP contribution in [0.15, 0.2) is 23.9 Å². The van der Waals surface area contributed by atoms with Gasteiger partial charge in [-0.3, -0.25) is 0 Å². The van der Waals surface area contributed by atoms with Crippen LogP contribution in [0.1, 0.15) is 17.4 Å². The van der Waals surface area contributed by atoms with E-state index < -0.39 is 12.0 Å². The number of aryl methyl sites for hydroxylation is 1. The number of carboxylic acids is 1. The zero-order valence-corrected chi connectivity index (χ0v) is 14.2. The number of hydrogen-bond donors (Lipinski definition) is 2. The molecular weight excluding hydrogens is 328 g/mol. The topological polar surface area (TPSA) is 108 Å². The highest BCUT2D eigenvalue weighted by Crippen LogP contribution is 2.41. The lowest BCUT2D eigenvalue weighted by atomic mass is 10.0. The molecule has 0 radical (unpaired) electrons. The zero-order chi connectivity index (χ0) is 18.1. The van der Waals surface area contributed by atoms with Crippen molar-refractivity contribution >= 4 is 11.9 Å². The van der Waals surface area contributed by atoms with Crippen LogP contribution in [0.25, 0.3) is 0 Å². The van der Waals surface area contributed by atoms with E-state index in [1.165, 1.54) is 21.3 Å². The number of anilines is 1. The minimum absolute atomic E-state index is 0.0155. The number of ether oxygens (including phenoxy) is 3. The summed E-state index contributed by atoms with van der Waals surface area (Å²) in [5, 5.41) is 16.5. The molecule has 0 bridgehead atoms. The molecule has 1 atom stereocenters. The van der Waals surface area contributed by atoms with Gasteiger partial charge in [0.15, 0.2) is 11.5 Å². The van der Waals surface area contributed by atoms with E-state index in [0.717, 1.165) is 0 Å². The molecule has 1 aromatic carbocycles. The van der Waals surface area contributed by atoms with Crippen LogP contribution in [0.2, 0.25) is 0 Å². The van der Waals surface area contributed by atoms with Gasteiger partial charge in [0.2, 0.25) is 5.95 Å². The highest BCUT2D eigenvalue weighted by molar-refractivity contribution is 5.90. The van der Waals surface area contributed by atoms with Crippen molar-refractivity contribution in [2.45, 2.75) is 13.0 Å². The summed E-state index contributed by atoms with van der Waals surface area (Å²) in [5.74, 6) is 1.31. The van der Waals surface area contributed by atoms with E-state index in [9.17, 15) is 9.90 Å². The first-order valence-electron chi connectivity index (χ1n) is 7.43. The summed E-state index contributed by atoms with van der Waals surface area (Å²) < 4.78 is 17.7. The molecule has 0 saturated heterocycles. The summed E-state index contributed by atoms with van der Waals surface area (Å²) in [7, 11) is 4.59. The Morgan fingerprint density at radius 2 is 1.80 bits per heavy atom. The summed E-state index contributed by atoms with van der Waals surface area (Å²) >= 11 is 0. The summed E-state index contributed by atoms with van der Waals surface area (Å²) in [5.41, 5.74) is 0.688. The number of fused-ring (bicyclic) bond motifs is 1. The van der Waals surface area contributed by atoms with Gasteiger partial charge >= 0.3 is 5.97 Å². The monoisotopic (exact) mass is 346 g/mol. The third-order valence-electron chi connectivity index (χ3n) is 3.86. The van der Waals surface area contributed by atoms with E-state index >= 15 is 0 Å². The molecule has 9 nitrogen and oxygen atoms in total. The van der Waals surface area contributed by atoms with E-state index in [4.69, 9.17) is 14.2 Å². The maximum absolute atomic E-state index is 11.5. The standard InChI is InChI=1S/C16H18N4O5/c1-8-17-16-18-10(15(21)22)6-11(20(16)19-8)9-5-13(24-3)14(25-4)7-12(9)23-2/h5-7,11H,1-4H3,(H,21,22)(H,17,18,19). The molecule has 0 amide bonds. The Hall–Kier alpha value is -3.23. The van der Waals surface area contributed by atoms with Crippen molar-refractivity contribution in [3.8, 4) is 17.2 Å². The van der Waals surface area contributed by atoms with Crippen molar-refractivity contribution in [3.63, 3.8) is 0 Å². The maximum Gasteiger partial charge on any atom is 0.352 e. The van der Waals surface area contributed by atoms with E-state index in [1.54, 1.807) is 29.8 Å². The Bertz CT molecular complexity index is 858. The first-order valence-corrected chi connectivity index (χ1v) is 7.43.